The van der Waals surface area contributed by atoms with Gasteiger partial charge in [0.2, 0.25) is 0 Å². The van der Waals surface area contributed by atoms with E-state index in [1.165, 1.54) is 0 Å². The highest BCUT2D eigenvalue weighted by molar-refractivity contribution is 7.71. The third-order valence-corrected chi connectivity index (χ3v) is 3.59. The minimum atomic E-state index is -0.0168. The van der Waals surface area contributed by atoms with Crippen LogP contribution in [0.1, 0.15) is 27.2 Å². The van der Waals surface area contributed by atoms with Crippen molar-refractivity contribution in [2.45, 2.75) is 40.3 Å². The smallest absolute Gasteiger partial charge is 0.261 e. The predicted octanol–water partition coefficient (Wildman–Crippen LogP) is 2.84. The number of nitrogens with zero attached hydrogens (tertiary/aromatic N) is 3. The second-order valence-electron chi connectivity index (χ2n) is 5.20. The number of hydrogen-bond acceptors (Lipinski definition) is 3. The minimum Gasteiger partial charge on any atom is -0.315 e. The first-order valence-electron chi connectivity index (χ1n) is 6.89. The van der Waals surface area contributed by atoms with Gasteiger partial charge in [-0.1, -0.05) is 13.8 Å². The number of H-pyrrole nitrogens is 1. The lowest BCUT2D eigenvalue weighted by atomic mass is 10.1. The maximum Gasteiger partial charge on any atom is 0.261 e. The second kappa shape index (κ2) is 6.17. The Labute approximate surface area is 123 Å². The average Bonchev–Trinajstić information content (AvgIpc) is 2.78. The molecule has 0 saturated heterocycles. The van der Waals surface area contributed by atoms with Crippen LogP contribution in [0.25, 0.3) is 11.4 Å². The summed E-state index contributed by atoms with van der Waals surface area (Å²) in [5, 5.41) is 6.94. The van der Waals surface area contributed by atoms with Crippen LogP contribution in [-0.4, -0.2) is 19.3 Å². The molecule has 2 rings (SSSR count). The number of nitrogens with one attached hydrogen (secondary N) is 1. The Bertz CT molecular complexity index is 696. The van der Waals surface area contributed by atoms with Crippen LogP contribution in [0.3, 0.4) is 0 Å². The molecule has 20 heavy (non-hydrogen) atoms. The molecule has 6 heteroatoms. The van der Waals surface area contributed by atoms with E-state index in [1.807, 2.05) is 23.8 Å². The van der Waals surface area contributed by atoms with E-state index < -0.39 is 0 Å². The molecule has 1 N–H and O–H groups in total. The standard InChI is InChI=1S/C14H20N4OS/c1-4-18-12(15-16-14(18)20)11-6-5-8-17(13(11)19)9-7-10(2)3/h5-6,8,10H,4,7,9H2,1-3H3,(H,16,20). The molecular formula is C14H20N4OS. The highest BCUT2D eigenvalue weighted by Crippen LogP contribution is 2.13. The molecule has 2 aromatic rings. The third-order valence-electron chi connectivity index (χ3n) is 3.28. The summed E-state index contributed by atoms with van der Waals surface area (Å²) in [4.78, 5) is 12.5. The largest absolute Gasteiger partial charge is 0.315 e. The lowest BCUT2D eigenvalue weighted by Crippen LogP contribution is -2.22. The maximum atomic E-state index is 12.5. The van der Waals surface area contributed by atoms with Crippen molar-refractivity contribution in [3.8, 4) is 11.4 Å². The number of aryl methyl sites for hydroxylation is 1. The summed E-state index contributed by atoms with van der Waals surface area (Å²) >= 11 is 5.17. The van der Waals surface area contributed by atoms with Crippen LogP contribution >= 0.6 is 12.2 Å². The van der Waals surface area contributed by atoms with E-state index in [2.05, 4.69) is 24.0 Å². The molecule has 5 nitrogen and oxygen atoms in total. The first-order chi connectivity index (χ1) is 9.54. The quantitative estimate of drug-likeness (QED) is 0.862. The SMILES string of the molecule is CCn1c(-c2cccn(CCC(C)C)c2=O)n[nH]c1=S. The van der Waals surface area contributed by atoms with Gasteiger partial charge in [-0.3, -0.25) is 9.89 Å². The van der Waals surface area contributed by atoms with E-state index in [0.717, 1.165) is 13.0 Å². The van der Waals surface area contributed by atoms with E-state index in [1.54, 1.807) is 10.6 Å². The Balaban J connectivity index is 2.45. The lowest BCUT2D eigenvalue weighted by Gasteiger charge is -2.10. The van der Waals surface area contributed by atoms with Crippen molar-refractivity contribution in [3.63, 3.8) is 0 Å². The number of rotatable bonds is 5. The predicted molar refractivity (Wildman–Crippen MR) is 82.2 cm³/mol. The zero-order valence-corrected chi connectivity index (χ0v) is 12.9. The van der Waals surface area contributed by atoms with E-state index in [9.17, 15) is 4.79 Å². The normalized spacial score (nSPS) is 11.2. The fourth-order valence-corrected chi connectivity index (χ4v) is 2.36. The number of pyridine rings is 1. The molecule has 0 unspecified atom stereocenters. The summed E-state index contributed by atoms with van der Waals surface area (Å²) in [6, 6.07) is 3.68. The molecule has 0 aliphatic heterocycles. The maximum absolute atomic E-state index is 12.5. The van der Waals surface area contributed by atoms with Crippen molar-refractivity contribution in [1.82, 2.24) is 19.3 Å². The summed E-state index contributed by atoms with van der Waals surface area (Å²) in [7, 11) is 0. The molecule has 0 spiro atoms. The van der Waals surface area contributed by atoms with Crippen molar-refractivity contribution in [3.05, 3.63) is 33.5 Å². The zero-order chi connectivity index (χ0) is 14.7. The Morgan fingerprint density at radius 1 is 1.45 bits per heavy atom. The van der Waals surface area contributed by atoms with Crippen LogP contribution in [0.5, 0.6) is 0 Å². The topological polar surface area (TPSA) is 55.6 Å². The Kier molecular flexibility index (Phi) is 4.54. The number of aromatic amines is 1. The zero-order valence-electron chi connectivity index (χ0n) is 12.1. The van der Waals surface area contributed by atoms with Crippen molar-refractivity contribution < 1.29 is 0 Å². The van der Waals surface area contributed by atoms with Gasteiger partial charge in [0.15, 0.2) is 10.6 Å². The second-order valence-corrected chi connectivity index (χ2v) is 5.59. The fourth-order valence-electron chi connectivity index (χ4n) is 2.10. The van der Waals surface area contributed by atoms with Crippen molar-refractivity contribution >= 4 is 12.2 Å². The number of aromatic nitrogens is 4. The molecule has 2 aromatic heterocycles. The minimum absolute atomic E-state index is 0.0168. The Morgan fingerprint density at radius 2 is 2.20 bits per heavy atom. The summed E-state index contributed by atoms with van der Waals surface area (Å²) < 4.78 is 4.12. The molecule has 108 valence electrons. The van der Waals surface area contributed by atoms with E-state index >= 15 is 0 Å². The molecule has 0 atom stereocenters. The summed E-state index contributed by atoms with van der Waals surface area (Å²) in [6.45, 7) is 7.69. The molecule has 0 radical (unpaired) electrons. The Hall–Kier alpha value is -1.69. The van der Waals surface area contributed by atoms with Crippen molar-refractivity contribution in [2.24, 2.45) is 5.92 Å². The number of hydrogen-bond donors (Lipinski definition) is 1. The molecular weight excluding hydrogens is 272 g/mol. The Morgan fingerprint density at radius 3 is 2.85 bits per heavy atom. The molecule has 0 amide bonds. The van der Waals surface area contributed by atoms with Crippen LogP contribution < -0.4 is 5.56 Å². The van der Waals surface area contributed by atoms with Crippen LogP contribution in [0, 0.1) is 10.7 Å². The van der Waals surface area contributed by atoms with Gasteiger partial charge >= 0.3 is 0 Å². The van der Waals surface area contributed by atoms with Crippen LogP contribution in [0.2, 0.25) is 0 Å². The molecule has 0 saturated carbocycles. The molecule has 0 aliphatic rings. The average molecular weight is 292 g/mol. The monoisotopic (exact) mass is 292 g/mol. The van der Waals surface area contributed by atoms with Gasteiger partial charge in [-0.05, 0) is 43.6 Å². The van der Waals surface area contributed by atoms with Gasteiger partial charge in [-0.25, -0.2) is 0 Å². The highest BCUT2D eigenvalue weighted by Gasteiger charge is 2.12. The lowest BCUT2D eigenvalue weighted by molar-refractivity contribution is 0.508. The van der Waals surface area contributed by atoms with Gasteiger partial charge in [0.05, 0.1) is 5.56 Å². The van der Waals surface area contributed by atoms with Gasteiger partial charge < -0.3 is 9.13 Å². The van der Waals surface area contributed by atoms with Crippen LogP contribution in [-0.2, 0) is 13.1 Å². The van der Waals surface area contributed by atoms with Crippen LogP contribution in [0.4, 0.5) is 0 Å². The first-order valence-corrected chi connectivity index (χ1v) is 7.30. The van der Waals surface area contributed by atoms with E-state index in [4.69, 9.17) is 12.2 Å². The molecule has 0 aliphatic carbocycles. The van der Waals surface area contributed by atoms with E-state index in [0.29, 0.717) is 28.6 Å². The summed E-state index contributed by atoms with van der Waals surface area (Å²) in [5.41, 5.74) is 0.572. The summed E-state index contributed by atoms with van der Waals surface area (Å²) in [6.07, 6.45) is 2.80. The van der Waals surface area contributed by atoms with Gasteiger partial charge in [0.25, 0.3) is 5.56 Å². The fraction of sp³-hybridized carbons (Fsp3) is 0.500. The first kappa shape index (κ1) is 14.7. The van der Waals surface area contributed by atoms with Crippen molar-refractivity contribution in [1.29, 1.82) is 0 Å². The van der Waals surface area contributed by atoms with Crippen LogP contribution in [0.15, 0.2) is 23.1 Å². The third kappa shape index (κ3) is 2.90. The molecule has 2 heterocycles. The molecule has 0 bridgehead atoms. The molecule has 0 aromatic carbocycles. The highest BCUT2D eigenvalue weighted by atomic mass is 32.1. The van der Waals surface area contributed by atoms with Gasteiger partial charge in [0.1, 0.15) is 0 Å². The summed E-state index contributed by atoms with van der Waals surface area (Å²) in [5.74, 6) is 1.18. The molecule has 0 fully saturated rings. The van der Waals surface area contributed by atoms with Gasteiger partial charge in [-0.2, -0.15) is 5.10 Å². The van der Waals surface area contributed by atoms with Gasteiger partial charge in [-0.15, -0.1) is 0 Å². The van der Waals surface area contributed by atoms with E-state index in [-0.39, 0.29) is 5.56 Å². The van der Waals surface area contributed by atoms with Gasteiger partial charge in [0, 0.05) is 19.3 Å². The van der Waals surface area contributed by atoms with Crippen molar-refractivity contribution in [2.75, 3.05) is 0 Å².